The Kier molecular flexibility index (Phi) is 3.49. The van der Waals surface area contributed by atoms with Crippen LogP contribution in [0.5, 0.6) is 5.75 Å². The van der Waals surface area contributed by atoms with E-state index in [1.807, 2.05) is 35.0 Å². The van der Waals surface area contributed by atoms with E-state index in [2.05, 4.69) is 15.9 Å². The highest BCUT2D eigenvalue weighted by Crippen LogP contribution is 2.26. The number of halogens is 2. The van der Waals surface area contributed by atoms with Gasteiger partial charge in [-0.25, -0.2) is 4.39 Å². The predicted octanol–water partition coefficient (Wildman–Crippen LogP) is 4.60. The van der Waals surface area contributed by atoms with E-state index in [0.29, 0.717) is 17.9 Å². The molecule has 0 saturated heterocycles. The van der Waals surface area contributed by atoms with Crippen molar-refractivity contribution < 1.29 is 9.13 Å². The lowest BCUT2D eigenvalue weighted by molar-refractivity contribution is 0.410. The van der Waals surface area contributed by atoms with Crippen molar-refractivity contribution in [2.45, 2.75) is 6.54 Å². The van der Waals surface area contributed by atoms with Gasteiger partial charge in [-0.1, -0.05) is 28.1 Å². The Balaban J connectivity index is 1.99. The molecule has 0 aliphatic heterocycles. The fourth-order valence-corrected chi connectivity index (χ4v) is 2.78. The number of ether oxygens (including phenoxy) is 1. The molecule has 2 nitrogen and oxygen atoms in total. The lowest BCUT2D eigenvalue weighted by atomic mass is 10.2. The van der Waals surface area contributed by atoms with Crippen molar-refractivity contribution in [3.63, 3.8) is 0 Å². The maximum absolute atomic E-state index is 14.0. The number of nitrogens with zero attached hydrogens (tertiary/aromatic N) is 1. The Bertz CT molecular complexity index is 766. The zero-order chi connectivity index (χ0) is 14.1. The number of fused-ring (bicyclic) bond motifs is 1. The van der Waals surface area contributed by atoms with E-state index < -0.39 is 0 Å². The number of aromatic nitrogens is 1. The van der Waals surface area contributed by atoms with E-state index in [0.717, 1.165) is 15.4 Å². The first kappa shape index (κ1) is 13.2. The van der Waals surface area contributed by atoms with Crippen molar-refractivity contribution in [2.24, 2.45) is 0 Å². The van der Waals surface area contributed by atoms with E-state index in [1.165, 1.54) is 13.2 Å². The van der Waals surface area contributed by atoms with Gasteiger partial charge in [0.25, 0.3) is 0 Å². The summed E-state index contributed by atoms with van der Waals surface area (Å²) in [6, 6.07) is 13.0. The average Bonchev–Trinajstić information content (AvgIpc) is 2.86. The van der Waals surface area contributed by atoms with Gasteiger partial charge in [0, 0.05) is 33.2 Å². The first-order chi connectivity index (χ1) is 9.69. The van der Waals surface area contributed by atoms with Crippen LogP contribution in [-0.2, 0) is 6.54 Å². The minimum absolute atomic E-state index is 0.249. The molecule has 0 amide bonds. The van der Waals surface area contributed by atoms with Crippen LogP contribution in [0.4, 0.5) is 4.39 Å². The lowest BCUT2D eigenvalue weighted by Gasteiger charge is -2.08. The Morgan fingerprint density at radius 3 is 2.80 bits per heavy atom. The number of methoxy groups -OCH3 is 1. The third-order valence-corrected chi connectivity index (χ3v) is 4.05. The van der Waals surface area contributed by atoms with E-state index >= 15 is 0 Å². The molecule has 0 fully saturated rings. The summed E-state index contributed by atoms with van der Waals surface area (Å²) in [7, 11) is 1.53. The number of hydrogen-bond acceptors (Lipinski definition) is 1. The quantitative estimate of drug-likeness (QED) is 0.683. The molecule has 0 radical (unpaired) electrons. The Morgan fingerprint density at radius 2 is 2.05 bits per heavy atom. The van der Waals surface area contributed by atoms with Crippen molar-refractivity contribution in [3.05, 3.63) is 64.5 Å². The summed E-state index contributed by atoms with van der Waals surface area (Å²) < 4.78 is 22.1. The number of hydrogen-bond donors (Lipinski definition) is 0. The molecule has 0 unspecified atom stereocenters. The van der Waals surface area contributed by atoms with Gasteiger partial charge in [0.15, 0.2) is 0 Å². The largest absolute Gasteiger partial charge is 0.497 e. The Labute approximate surface area is 124 Å². The molecule has 0 spiro atoms. The van der Waals surface area contributed by atoms with Crippen LogP contribution in [0, 0.1) is 5.82 Å². The number of benzene rings is 2. The van der Waals surface area contributed by atoms with Crippen LogP contribution in [0.3, 0.4) is 0 Å². The summed E-state index contributed by atoms with van der Waals surface area (Å²) in [5, 5.41) is 1.13. The maximum atomic E-state index is 14.0. The Hall–Kier alpha value is -1.81. The van der Waals surface area contributed by atoms with Gasteiger partial charge in [-0.15, -0.1) is 0 Å². The van der Waals surface area contributed by atoms with Crippen LogP contribution in [0.25, 0.3) is 10.9 Å². The molecule has 0 aliphatic carbocycles. The second kappa shape index (κ2) is 5.29. The third kappa shape index (κ3) is 2.31. The topological polar surface area (TPSA) is 14.2 Å². The van der Waals surface area contributed by atoms with Gasteiger partial charge in [0.2, 0.25) is 0 Å². The number of rotatable bonds is 3. The van der Waals surface area contributed by atoms with Gasteiger partial charge in [-0.05, 0) is 24.3 Å². The van der Waals surface area contributed by atoms with Crippen molar-refractivity contribution in [2.75, 3.05) is 7.11 Å². The smallest absolute Gasteiger partial charge is 0.131 e. The van der Waals surface area contributed by atoms with E-state index in [9.17, 15) is 4.39 Å². The minimum Gasteiger partial charge on any atom is -0.497 e. The highest BCUT2D eigenvalue weighted by atomic mass is 79.9. The molecule has 102 valence electrons. The van der Waals surface area contributed by atoms with E-state index in [4.69, 9.17) is 4.74 Å². The van der Waals surface area contributed by atoms with E-state index in [-0.39, 0.29) is 5.82 Å². The van der Waals surface area contributed by atoms with Crippen LogP contribution in [0.2, 0.25) is 0 Å². The summed E-state index contributed by atoms with van der Waals surface area (Å²) in [5.74, 6) is 0.285. The zero-order valence-electron chi connectivity index (χ0n) is 10.9. The van der Waals surface area contributed by atoms with Crippen molar-refractivity contribution in [3.8, 4) is 5.75 Å². The summed E-state index contributed by atoms with van der Waals surface area (Å²) in [5.41, 5.74) is 1.72. The second-order valence-electron chi connectivity index (χ2n) is 4.57. The highest BCUT2D eigenvalue weighted by Gasteiger charge is 2.08. The van der Waals surface area contributed by atoms with Gasteiger partial charge in [-0.3, -0.25) is 0 Å². The summed E-state index contributed by atoms with van der Waals surface area (Å²) in [6.45, 7) is 0.496. The van der Waals surface area contributed by atoms with Gasteiger partial charge < -0.3 is 9.30 Å². The third-order valence-electron chi connectivity index (χ3n) is 3.36. The molecule has 3 aromatic rings. The fourth-order valence-electron chi connectivity index (χ4n) is 2.29. The summed E-state index contributed by atoms with van der Waals surface area (Å²) in [4.78, 5) is 0. The van der Waals surface area contributed by atoms with Crippen LogP contribution in [0.1, 0.15) is 5.56 Å². The standard InChI is InChI=1S/C16H13BrFNO/c1-20-12-6-5-11(15(18)9-12)10-19-8-7-13-14(17)3-2-4-16(13)19/h2-9H,10H2,1H3. The lowest BCUT2D eigenvalue weighted by Crippen LogP contribution is -2.00. The average molecular weight is 334 g/mol. The molecule has 2 aromatic carbocycles. The molecule has 0 N–H and O–H groups in total. The van der Waals surface area contributed by atoms with Crippen molar-refractivity contribution >= 4 is 26.8 Å². The molecular weight excluding hydrogens is 321 g/mol. The highest BCUT2D eigenvalue weighted by molar-refractivity contribution is 9.10. The SMILES string of the molecule is COc1ccc(Cn2ccc3c(Br)cccc32)c(F)c1. The summed E-state index contributed by atoms with van der Waals surface area (Å²) in [6.07, 6.45) is 1.97. The molecule has 20 heavy (non-hydrogen) atoms. The van der Waals surface area contributed by atoms with Gasteiger partial charge >= 0.3 is 0 Å². The normalized spacial score (nSPS) is 10.9. The van der Waals surface area contributed by atoms with Crippen molar-refractivity contribution in [1.82, 2.24) is 4.57 Å². The molecule has 0 atom stereocenters. The predicted molar refractivity (Wildman–Crippen MR) is 81.7 cm³/mol. The maximum Gasteiger partial charge on any atom is 0.131 e. The molecule has 1 heterocycles. The van der Waals surface area contributed by atoms with Gasteiger partial charge in [-0.2, -0.15) is 0 Å². The fraction of sp³-hybridized carbons (Fsp3) is 0.125. The van der Waals surface area contributed by atoms with Crippen LogP contribution in [0.15, 0.2) is 53.1 Å². The van der Waals surface area contributed by atoms with Gasteiger partial charge in [0.05, 0.1) is 13.7 Å². The molecule has 1 aromatic heterocycles. The molecule has 0 aliphatic rings. The van der Waals surface area contributed by atoms with Crippen LogP contribution >= 0.6 is 15.9 Å². The monoisotopic (exact) mass is 333 g/mol. The summed E-state index contributed by atoms with van der Waals surface area (Å²) >= 11 is 3.53. The second-order valence-corrected chi connectivity index (χ2v) is 5.43. The van der Waals surface area contributed by atoms with Crippen LogP contribution < -0.4 is 4.74 Å². The molecule has 0 bridgehead atoms. The van der Waals surface area contributed by atoms with Crippen LogP contribution in [-0.4, -0.2) is 11.7 Å². The van der Waals surface area contributed by atoms with E-state index in [1.54, 1.807) is 12.1 Å². The van der Waals surface area contributed by atoms with Crippen molar-refractivity contribution in [1.29, 1.82) is 0 Å². The molecule has 4 heteroatoms. The molecular formula is C16H13BrFNO. The van der Waals surface area contributed by atoms with Gasteiger partial charge in [0.1, 0.15) is 11.6 Å². The zero-order valence-corrected chi connectivity index (χ0v) is 12.5. The molecule has 0 saturated carbocycles. The minimum atomic E-state index is -0.249. The molecule has 3 rings (SSSR count). The Morgan fingerprint density at radius 1 is 1.20 bits per heavy atom. The first-order valence-corrected chi connectivity index (χ1v) is 7.04. The first-order valence-electron chi connectivity index (χ1n) is 6.25.